The van der Waals surface area contributed by atoms with E-state index in [2.05, 4.69) is 20.8 Å². The second kappa shape index (κ2) is 6.98. The van der Waals surface area contributed by atoms with Crippen LogP contribution < -0.4 is 5.56 Å². The third-order valence-corrected chi connectivity index (χ3v) is 5.39. The van der Waals surface area contributed by atoms with E-state index >= 15 is 0 Å². The van der Waals surface area contributed by atoms with E-state index in [1.165, 1.54) is 0 Å². The summed E-state index contributed by atoms with van der Waals surface area (Å²) >= 11 is 0. The van der Waals surface area contributed by atoms with Crippen LogP contribution in [0.5, 0.6) is 0 Å². The Balaban J connectivity index is 1.58. The van der Waals surface area contributed by atoms with Gasteiger partial charge in [-0.1, -0.05) is 36.4 Å². The molecular weight excluding hydrogens is 374 g/mol. The Morgan fingerprint density at radius 1 is 1.03 bits per heavy atom. The van der Waals surface area contributed by atoms with Crippen LogP contribution in [-0.4, -0.2) is 19.7 Å². The standard InChI is InChI=1S/C24H17N5O/c1-29-21-11-10-17(23-18-4-2-3-5-19(18)24(30)28-27-23)13-20(21)26-22(29)12-15-6-8-16(14-25)9-7-15/h2-11,13H,12H2,1H3,(H,28,30). The number of aryl methyl sites for hydroxylation is 1. The molecule has 3 aromatic carbocycles. The van der Waals surface area contributed by atoms with Crippen molar-refractivity contribution >= 4 is 21.8 Å². The van der Waals surface area contributed by atoms with Crippen LogP contribution in [0.15, 0.2) is 71.5 Å². The molecule has 0 radical (unpaired) electrons. The highest BCUT2D eigenvalue weighted by Gasteiger charge is 2.13. The number of nitrogens with one attached hydrogen (secondary N) is 1. The van der Waals surface area contributed by atoms with Gasteiger partial charge in [0.15, 0.2) is 0 Å². The lowest BCUT2D eigenvalue weighted by molar-refractivity contribution is 0.844. The molecule has 0 aliphatic rings. The Labute approximate surface area is 172 Å². The number of fused-ring (bicyclic) bond motifs is 2. The highest BCUT2D eigenvalue weighted by Crippen LogP contribution is 2.28. The molecule has 2 heterocycles. The first kappa shape index (κ1) is 17.8. The molecule has 0 spiro atoms. The summed E-state index contributed by atoms with van der Waals surface area (Å²) in [6.45, 7) is 0. The van der Waals surface area contributed by atoms with Crippen molar-refractivity contribution in [2.45, 2.75) is 6.42 Å². The largest absolute Gasteiger partial charge is 0.331 e. The average Bonchev–Trinajstić information content (AvgIpc) is 3.09. The summed E-state index contributed by atoms with van der Waals surface area (Å²) in [5, 5.41) is 17.3. The molecule has 5 rings (SSSR count). The normalized spacial score (nSPS) is 11.1. The number of hydrogen-bond donors (Lipinski definition) is 1. The Morgan fingerprint density at radius 2 is 1.80 bits per heavy atom. The number of hydrogen-bond acceptors (Lipinski definition) is 4. The minimum atomic E-state index is -0.196. The number of H-pyrrole nitrogens is 1. The lowest BCUT2D eigenvalue weighted by Crippen LogP contribution is -2.09. The Bertz CT molecular complexity index is 1500. The van der Waals surface area contributed by atoms with Crippen molar-refractivity contribution in [2.24, 2.45) is 7.05 Å². The third-order valence-electron chi connectivity index (χ3n) is 5.39. The van der Waals surface area contributed by atoms with Crippen LogP contribution in [0.2, 0.25) is 0 Å². The second-order valence-electron chi connectivity index (χ2n) is 7.22. The molecule has 0 aliphatic heterocycles. The molecule has 30 heavy (non-hydrogen) atoms. The van der Waals surface area contributed by atoms with Gasteiger partial charge in [-0.25, -0.2) is 10.1 Å². The first-order valence-corrected chi connectivity index (χ1v) is 9.56. The topological polar surface area (TPSA) is 87.4 Å². The maximum atomic E-state index is 12.1. The molecule has 0 aliphatic carbocycles. The zero-order chi connectivity index (χ0) is 20.7. The highest BCUT2D eigenvalue weighted by atomic mass is 16.1. The summed E-state index contributed by atoms with van der Waals surface area (Å²) < 4.78 is 2.08. The van der Waals surface area contributed by atoms with Gasteiger partial charge in [0, 0.05) is 24.4 Å². The van der Waals surface area contributed by atoms with E-state index in [1.807, 2.05) is 67.7 Å². The molecule has 5 aromatic rings. The second-order valence-corrected chi connectivity index (χ2v) is 7.22. The average molecular weight is 391 g/mol. The van der Waals surface area contributed by atoms with Crippen LogP contribution in [-0.2, 0) is 13.5 Å². The molecule has 2 aromatic heterocycles. The van der Waals surface area contributed by atoms with Crippen molar-refractivity contribution < 1.29 is 0 Å². The van der Waals surface area contributed by atoms with E-state index in [0.29, 0.717) is 17.4 Å². The Hall–Kier alpha value is -4.24. The summed E-state index contributed by atoms with van der Waals surface area (Å²) in [5.74, 6) is 0.936. The van der Waals surface area contributed by atoms with Gasteiger partial charge in [-0.15, -0.1) is 0 Å². The van der Waals surface area contributed by atoms with Gasteiger partial charge < -0.3 is 4.57 Å². The fourth-order valence-electron chi connectivity index (χ4n) is 3.77. The van der Waals surface area contributed by atoms with Gasteiger partial charge in [0.2, 0.25) is 0 Å². The predicted octanol–water partition coefficient (Wildman–Crippen LogP) is 3.94. The molecule has 0 bridgehead atoms. The Kier molecular flexibility index (Phi) is 4.15. The molecule has 6 heteroatoms. The van der Waals surface area contributed by atoms with Crippen molar-refractivity contribution in [1.82, 2.24) is 19.7 Å². The molecule has 1 N–H and O–H groups in total. The van der Waals surface area contributed by atoms with E-state index in [-0.39, 0.29) is 5.56 Å². The van der Waals surface area contributed by atoms with Gasteiger partial charge in [-0.05, 0) is 35.9 Å². The first-order chi connectivity index (χ1) is 14.6. The lowest BCUT2D eigenvalue weighted by atomic mass is 10.0. The number of imidazole rings is 1. The van der Waals surface area contributed by atoms with Crippen molar-refractivity contribution in [3.8, 4) is 17.3 Å². The van der Waals surface area contributed by atoms with E-state index < -0.39 is 0 Å². The van der Waals surface area contributed by atoms with Gasteiger partial charge >= 0.3 is 0 Å². The minimum absolute atomic E-state index is 0.196. The number of nitriles is 1. The zero-order valence-electron chi connectivity index (χ0n) is 16.3. The van der Waals surface area contributed by atoms with Crippen LogP contribution in [0.4, 0.5) is 0 Å². The van der Waals surface area contributed by atoms with E-state index in [0.717, 1.165) is 39.1 Å². The number of aromatic nitrogens is 4. The summed E-state index contributed by atoms with van der Waals surface area (Å²) in [5.41, 5.74) is 5.07. The summed E-state index contributed by atoms with van der Waals surface area (Å²) in [7, 11) is 2.00. The van der Waals surface area contributed by atoms with E-state index in [9.17, 15) is 4.79 Å². The molecule has 0 unspecified atom stereocenters. The molecule has 0 saturated heterocycles. The third kappa shape index (κ3) is 2.93. The predicted molar refractivity (Wildman–Crippen MR) is 116 cm³/mol. The molecule has 144 valence electrons. The van der Waals surface area contributed by atoms with E-state index in [4.69, 9.17) is 10.2 Å². The Morgan fingerprint density at radius 3 is 2.57 bits per heavy atom. The van der Waals surface area contributed by atoms with Crippen molar-refractivity contribution in [3.05, 3.63) is 94.0 Å². The summed E-state index contributed by atoms with van der Waals surface area (Å²) in [4.78, 5) is 16.9. The van der Waals surface area contributed by atoms with Crippen LogP contribution in [0, 0.1) is 11.3 Å². The summed E-state index contributed by atoms with van der Waals surface area (Å²) in [6.07, 6.45) is 0.673. The van der Waals surface area contributed by atoms with Crippen LogP contribution in [0.1, 0.15) is 17.0 Å². The van der Waals surface area contributed by atoms with Crippen LogP contribution >= 0.6 is 0 Å². The number of aromatic amines is 1. The van der Waals surface area contributed by atoms with E-state index in [1.54, 1.807) is 6.07 Å². The maximum Gasteiger partial charge on any atom is 0.272 e. The highest BCUT2D eigenvalue weighted by molar-refractivity contribution is 5.95. The quantitative estimate of drug-likeness (QED) is 0.505. The number of benzene rings is 3. The molecule has 0 saturated carbocycles. The van der Waals surface area contributed by atoms with Gasteiger partial charge in [-0.2, -0.15) is 10.4 Å². The molecule has 0 amide bonds. The van der Waals surface area contributed by atoms with Crippen molar-refractivity contribution in [1.29, 1.82) is 5.26 Å². The smallest absolute Gasteiger partial charge is 0.272 e. The number of rotatable bonds is 3. The molecule has 0 fully saturated rings. The monoisotopic (exact) mass is 391 g/mol. The van der Waals surface area contributed by atoms with Crippen molar-refractivity contribution in [3.63, 3.8) is 0 Å². The maximum absolute atomic E-state index is 12.1. The fraction of sp³-hybridized carbons (Fsp3) is 0.0833. The fourth-order valence-corrected chi connectivity index (χ4v) is 3.77. The molecule has 6 nitrogen and oxygen atoms in total. The van der Waals surface area contributed by atoms with Crippen molar-refractivity contribution in [2.75, 3.05) is 0 Å². The zero-order valence-corrected chi connectivity index (χ0v) is 16.3. The van der Waals surface area contributed by atoms with Gasteiger partial charge in [0.1, 0.15) is 5.82 Å². The SMILES string of the molecule is Cn1c(Cc2ccc(C#N)cc2)nc2cc(-c3n[nH]c(=O)c4ccccc34)ccc21. The minimum Gasteiger partial charge on any atom is -0.331 e. The first-order valence-electron chi connectivity index (χ1n) is 9.56. The van der Waals surface area contributed by atoms with Gasteiger partial charge in [0.05, 0.1) is 33.7 Å². The lowest BCUT2D eigenvalue weighted by Gasteiger charge is -2.05. The van der Waals surface area contributed by atoms with Crippen LogP contribution in [0.25, 0.3) is 33.1 Å². The van der Waals surface area contributed by atoms with Gasteiger partial charge in [-0.3, -0.25) is 4.79 Å². The van der Waals surface area contributed by atoms with Gasteiger partial charge in [0.25, 0.3) is 5.56 Å². The molecule has 0 atom stereocenters. The number of nitrogens with zero attached hydrogens (tertiary/aromatic N) is 4. The summed E-state index contributed by atoms with van der Waals surface area (Å²) in [6, 6.07) is 23.2. The van der Waals surface area contributed by atoms with Crippen LogP contribution in [0.3, 0.4) is 0 Å². The molecular formula is C24H17N5O.